The minimum atomic E-state index is -1.65. The minimum absolute atomic E-state index is 0.103. The van der Waals surface area contributed by atoms with Crippen molar-refractivity contribution in [3.05, 3.63) is 65.7 Å². The first-order valence-corrected chi connectivity index (χ1v) is 18.3. The Labute approximate surface area is 308 Å². The highest BCUT2D eigenvalue weighted by Crippen LogP contribution is 2.30. The van der Waals surface area contributed by atoms with Crippen molar-refractivity contribution in [3.8, 4) is 0 Å². The number of aliphatic hydroxyl groups is 4. The quantitative estimate of drug-likeness (QED) is 0.0626. The molecule has 2 saturated heterocycles. The van der Waals surface area contributed by atoms with Gasteiger partial charge < -0.3 is 56.7 Å². The summed E-state index contributed by atoms with van der Waals surface area (Å²) < 4.78 is 45.5. The van der Waals surface area contributed by atoms with Crippen molar-refractivity contribution in [2.24, 2.45) is 21.5 Å². The van der Waals surface area contributed by atoms with Crippen LogP contribution in [0.15, 0.2) is 58.5 Å². The molecule has 0 saturated carbocycles. The molecule has 294 valence electrons. The summed E-state index contributed by atoms with van der Waals surface area (Å²) in [5.74, 6) is -1.49. The lowest BCUT2D eigenvalue weighted by molar-refractivity contribution is -0.289. The number of rotatable bonds is 18. The third kappa shape index (κ3) is 12.4. The molecule has 2 heterocycles. The number of carbonyl (C=O) groups is 1. The summed E-state index contributed by atoms with van der Waals surface area (Å²) in [5, 5.41) is 48.2. The monoisotopic (exact) mass is 748 g/mol. The van der Waals surface area contributed by atoms with Crippen molar-refractivity contribution in [1.29, 1.82) is 0 Å². The van der Waals surface area contributed by atoms with Crippen LogP contribution in [0.4, 0.5) is 14.5 Å². The predicted molar refractivity (Wildman–Crippen MR) is 195 cm³/mol. The van der Waals surface area contributed by atoms with Crippen molar-refractivity contribution in [2.75, 3.05) is 25.1 Å². The molecule has 2 aliphatic heterocycles. The van der Waals surface area contributed by atoms with E-state index in [1.807, 2.05) is 0 Å². The van der Waals surface area contributed by atoms with Crippen molar-refractivity contribution in [2.45, 2.75) is 120 Å². The van der Waals surface area contributed by atoms with Crippen molar-refractivity contribution >= 4 is 23.4 Å². The van der Waals surface area contributed by atoms with Crippen LogP contribution < -0.4 is 22.1 Å². The smallest absolute Gasteiger partial charge is 0.220 e. The Bertz CT molecular complexity index is 1470. The molecule has 0 aliphatic carbocycles. The van der Waals surface area contributed by atoms with Crippen LogP contribution in [0.5, 0.6) is 0 Å². The van der Waals surface area contributed by atoms with E-state index in [4.69, 9.17) is 25.7 Å². The second-order valence-electron chi connectivity index (χ2n) is 13.4. The van der Waals surface area contributed by atoms with E-state index < -0.39 is 79.8 Å². The van der Waals surface area contributed by atoms with Gasteiger partial charge in [0.15, 0.2) is 12.2 Å². The molecule has 53 heavy (non-hydrogen) atoms. The second-order valence-corrected chi connectivity index (χ2v) is 13.4. The number of nitrogens with one attached hydrogen (secondary N) is 2. The van der Waals surface area contributed by atoms with Crippen molar-refractivity contribution < 1.29 is 48.2 Å². The number of aliphatic hydroxyl groups excluding tert-OH is 4. The van der Waals surface area contributed by atoms with Gasteiger partial charge in [-0.1, -0.05) is 51.9 Å². The first-order valence-electron chi connectivity index (χ1n) is 18.3. The molecule has 16 heteroatoms. The molecule has 2 aromatic carbocycles. The number of carbonyl (C=O) groups excluding carboxylic acids is 1. The van der Waals surface area contributed by atoms with Gasteiger partial charge in [0.05, 0.1) is 25.9 Å². The summed E-state index contributed by atoms with van der Waals surface area (Å²) in [4.78, 5) is 22.3. The zero-order valence-electron chi connectivity index (χ0n) is 30.0. The maximum absolute atomic E-state index is 13.6. The Morgan fingerprint density at radius 3 is 2.09 bits per heavy atom. The number of guanidine groups is 1. The van der Waals surface area contributed by atoms with Crippen LogP contribution in [0.2, 0.25) is 0 Å². The molecule has 0 radical (unpaired) electrons. The summed E-state index contributed by atoms with van der Waals surface area (Å²) in [7, 11) is 0. The molecule has 14 nitrogen and oxygen atoms in total. The van der Waals surface area contributed by atoms with E-state index in [9.17, 15) is 34.0 Å². The van der Waals surface area contributed by atoms with E-state index in [0.29, 0.717) is 17.7 Å². The van der Waals surface area contributed by atoms with Crippen LogP contribution in [0.25, 0.3) is 0 Å². The Balaban J connectivity index is 1.62. The summed E-state index contributed by atoms with van der Waals surface area (Å²) in [6, 6.07) is 7.17. The zero-order valence-corrected chi connectivity index (χ0v) is 30.0. The first-order chi connectivity index (χ1) is 25.5. The maximum Gasteiger partial charge on any atom is 0.220 e. The fourth-order valence-electron chi connectivity index (χ4n) is 6.40. The highest BCUT2D eigenvalue weighted by molar-refractivity contribution is 5.97. The number of halogens is 2. The van der Waals surface area contributed by atoms with E-state index >= 15 is 0 Å². The van der Waals surface area contributed by atoms with Gasteiger partial charge in [0, 0.05) is 17.7 Å². The van der Waals surface area contributed by atoms with Gasteiger partial charge in [0.25, 0.3) is 0 Å². The summed E-state index contributed by atoms with van der Waals surface area (Å²) >= 11 is 0. The summed E-state index contributed by atoms with van der Waals surface area (Å²) in [6.07, 6.45) is 0.407. The molecule has 0 aromatic heterocycles. The number of anilines is 1. The van der Waals surface area contributed by atoms with Crippen LogP contribution in [-0.4, -0.2) is 113 Å². The molecule has 0 unspecified atom stereocenters. The number of aliphatic imine (C=N–C) groups is 2. The van der Waals surface area contributed by atoms with Gasteiger partial charge in [-0.25, -0.2) is 13.8 Å². The molecule has 0 spiro atoms. The zero-order chi connectivity index (χ0) is 38.3. The number of amidine groups is 1. The van der Waals surface area contributed by atoms with E-state index in [-0.39, 0.29) is 30.7 Å². The molecule has 0 bridgehead atoms. The fraction of sp³-hybridized carbons (Fsp3) is 0.595. The van der Waals surface area contributed by atoms with Gasteiger partial charge in [-0.3, -0.25) is 9.79 Å². The Hall–Kier alpha value is -3.77. The van der Waals surface area contributed by atoms with Crippen LogP contribution in [0.1, 0.15) is 70.3 Å². The molecule has 2 fully saturated rings. The lowest BCUT2D eigenvalue weighted by Crippen LogP contribution is -2.65. The fourth-order valence-corrected chi connectivity index (χ4v) is 6.40. The topological polar surface area (TPSA) is 226 Å². The number of amides is 1. The van der Waals surface area contributed by atoms with E-state index in [1.165, 1.54) is 67.8 Å². The van der Waals surface area contributed by atoms with Gasteiger partial charge in [-0.15, -0.1) is 0 Å². The number of nitrogens with zero attached hydrogens (tertiary/aromatic N) is 2. The van der Waals surface area contributed by atoms with Crippen LogP contribution in [0.3, 0.4) is 0 Å². The van der Waals surface area contributed by atoms with Crippen LogP contribution in [0, 0.1) is 11.6 Å². The normalized spacial score (nSPS) is 28.1. The Kier molecular flexibility index (Phi) is 16.8. The lowest BCUT2D eigenvalue weighted by atomic mass is 9.93. The Morgan fingerprint density at radius 1 is 0.868 bits per heavy atom. The molecule has 1 amide bonds. The molecule has 2 aliphatic rings. The molecule has 4 rings (SSSR count). The lowest BCUT2D eigenvalue weighted by Gasteiger charge is -2.46. The van der Waals surface area contributed by atoms with Crippen molar-refractivity contribution in [1.82, 2.24) is 5.32 Å². The third-order valence-electron chi connectivity index (χ3n) is 9.37. The average molecular weight is 749 g/mol. The molecular formula is C37H54F2N6O8. The standard InChI is InChI=1S/C37H54F2N6O8/c1-2-3-4-5-6-7-8-9-10-29(48)44-30-27(19-46)51-21-26(43-37(41)42-25-17-15-24(39)16-18-25)34(30)53-36-31(33(50)32(49)28(20-47)52-36)45-35(40)22-11-13-23(38)14-12-22/h11-18,26-28,30-34,36,46-47,49-50H,2-10,19-21H2,1H3,(H2,40,45)(H,44,48)(H3,41,42,43)/t26-,27+,28+,30-,31+,32+,33+,34+,36-/m0/s1. The van der Waals surface area contributed by atoms with Gasteiger partial charge in [-0.2, -0.15) is 0 Å². The van der Waals surface area contributed by atoms with E-state index in [2.05, 4.69) is 27.5 Å². The van der Waals surface area contributed by atoms with Crippen LogP contribution in [-0.2, 0) is 19.0 Å². The van der Waals surface area contributed by atoms with Gasteiger partial charge in [0.1, 0.15) is 60.1 Å². The number of benzene rings is 2. The third-order valence-corrected chi connectivity index (χ3v) is 9.37. The van der Waals surface area contributed by atoms with E-state index in [0.717, 1.165) is 25.7 Å². The number of hydrogen-bond acceptors (Lipinski definition) is 10. The second kappa shape index (κ2) is 21.2. The average Bonchev–Trinajstić information content (AvgIpc) is 3.14. The summed E-state index contributed by atoms with van der Waals surface area (Å²) in [6.45, 7) is 0.831. The number of ether oxygens (including phenoxy) is 3. The highest BCUT2D eigenvalue weighted by atomic mass is 19.1. The number of hydrogen-bond donors (Lipinski definition) is 8. The van der Waals surface area contributed by atoms with Gasteiger partial charge in [-0.05, 0) is 55.0 Å². The molecule has 2 aromatic rings. The maximum atomic E-state index is 13.6. The molecule has 9 atom stereocenters. The number of unbranched alkanes of at least 4 members (excludes halogenated alkanes) is 7. The highest BCUT2D eigenvalue weighted by Gasteiger charge is 2.50. The SMILES string of the molecule is CCCCCCCCCCC(=O)N[C@@H]1[C@H](O[C@@H]2O[C@H](CO)[C@@H](O)[C@H](O)[C@H]2N=C(N)c2ccc(F)cc2)[C@@H](N=C(N)Nc2ccc(F)cc2)CO[C@@H]1CO. The minimum Gasteiger partial charge on any atom is -0.394 e. The van der Waals surface area contributed by atoms with E-state index in [1.54, 1.807) is 0 Å². The Morgan fingerprint density at radius 2 is 1.47 bits per heavy atom. The molecular weight excluding hydrogens is 694 g/mol. The largest absolute Gasteiger partial charge is 0.394 e. The first kappa shape index (κ1) is 42.0. The van der Waals surface area contributed by atoms with Crippen molar-refractivity contribution in [3.63, 3.8) is 0 Å². The van der Waals surface area contributed by atoms with Crippen LogP contribution >= 0.6 is 0 Å². The number of nitrogens with two attached hydrogens (primary N) is 2. The van der Waals surface area contributed by atoms with Gasteiger partial charge in [0.2, 0.25) is 5.91 Å². The molecule has 10 N–H and O–H groups in total. The van der Waals surface area contributed by atoms with Gasteiger partial charge >= 0.3 is 0 Å². The summed E-state index contributed by atoms with van der Waals surface area (Å²) in [5.41, 5.74) is 13.3. The predicted octanol–water partition coefficient (Wildman–Crippen LogP) is 2.07.